The number of epoxide rings is 1. The molecule has 1 rings (SSSR count). The first-order valence-electron chi connectivity index (χ1n) is 9.14. The summed E-state index contributed by atoms with van der Waals surface area (Å²) in [4.78, 5) is 10.6. The predicted molar refractivity (Wildman–Crippen MR) is 86.6 cm³/mol. The highest BCUT2D eigenvalue weighted by atomic mass is 16.6. The Hall–Kier alpha value is -0.570. The van der Waals surface area contributed by atoms with Crippen molar-refractivity contribution in [1.29, 1.82) is 0 Å². The zero-order chi connectivity index (χ0) is 15.3. The van der Waals surface area contributed by atoms with Crippen LogP contribution in [0.2, 0.25) is 0 Å². The third-order valence-electron chi connectivity index (χ3n) is 4.42. The Morgan fingerprint density at radius 3 is 1.62 bits per heavy atom. The number of rotatable bonds is 15. The van der Waals surface area contributed by atoms with Gasteiger partial charge in [-0.05, 0) is 6.42 Å². The summed E-state index contributed by atoms with van der Waals surface area (Å²) >= 11 is 0. The van der Waals surface area contributed by atoms with E-state index in [-0.39, 0.29) is 6.10 Å². The van der Waals surface area contributed by atoms with Crippen LogP contribution in [0.1, 0.15) is 96.8 Å². The van der Waals surface area contributed by atoms with Gasteiger partial charge in [-0.2, -0.15) is 0 Å². The van der Waals surface area contributed by atoms with E-state index in [1.807, 2.05) is 0 Å². The molecule has 0 bridgehead atoms. The van der Waals surface area contributed by atoms with Crippen LogP contribution in [0, 0.1) is 0 Å². The molecule has 0 radical (unpaired) electrons. The van der Waals surface area contributed by atoms with Gasteiger partial charge in [0.05, 0.1) is 6.10 Å². The Morgan fingerprint density at radius 2 is 1.24 bits per heavy atom. The lowest BCUT2D eigenvalue weighted by atomic mass is 10.0. The van der Waals surface area contributed by atoms with E-state index in [2.05, 4.69) is 6.92 Å². The first-order chi connectivity index (χ1) is 10.3. The molecule has 0 aromatic carbocycles. The van der Waals surface area contributed by atoms with Crippen molar-refractivity contribution in [3.05, 3.63) is 0 Å². The van der Waals surface area contributed by atoms with E-state index in [9.17, 15) is 4.79 Å². The van der Waals surface area contributed by atoms with Gasteiger partial charge in [-0.3, -0.25) is 0 Å². The van der Waals surface area contributed by atoms with Crippen molar-refractivity contribution < 1.29 is 14.6 Å². The fraction of sp³-hybridized carbons (Fsp3) is 0.944. The minimum absolute atomic E-state index is 0.00945. The van der Waals surface area contributed by atoms with Gasteiger partial charge < -0.3 is 9.84 Å². The molecule has 0 aliphatic carbocycles. The molecule has 1 N–H and O–H groups in total. The van der Waals surface area contributed by atoms with Crippen LogP contribution < -0.4 is 0 Å². The Balaban J connectivity index is 1.69. The number of aliphatic carboxylic acids is 1. The molecule has 2 unspecified atom stereocenters. The number of carboxylic acid groups (broad SMARTS) is 1. The largest absolute Gasteiger partial charge is 0.479 e. The van der Waals surface area contributed by atoms with E-state index in [0.29, 0.717) is 0 Å². The number of hydrogen-bond acceptors (Lipinski definition) is 2. The SMILES string of the molecule is CCCCCCCCCCCCCCCC1OC1C(=O)O. The molecule has 2 atom stereocenters. The number of hydrogen-bond donors (Lipinski definition) is 1. The summed E-state index contributed by atoms with van der Waals surface area (Å²) in [7, 11) is 0. The molecule has 3 nitrogen and oxygen atoms in total. The van der Waals surface area contributed by atoms with E-state index in [1.165, 1.54) is 77.0 Å². The number of ether oxygens (including phenoxy) is 1. The molecule has 0 spiro atoms. The molecule has 21 heavy (non-hydrogen) atoms. The Bertz CT molecular complexity index is 265. The number of carbonyl (C=O) groups is 1. The molecular formula is C18H34O3. The molecule has 1 fully saturated rings. The highest BCUT2D eigenvalue weighted by Gasteiger charge is 2.44. The molecule has 0 aromatic heterocycles. The standard InChI is InChI=1S/C18H34O3/c1-2-3-4-5-6-7-8-9-10-11-12-13-14-15-16-17(21-16)18(19)20/h16-17H,2-15H2,1H3,(H,19,20). The van der Waals surface area contributed by atoms with Crippen LogP contribution in [0.3, 0.4) is 0 Å². The third kappa shape index (κ3) is 9.89. The molecule has 1 aliphatic rings. The van der Waals surface area contributed by atoms with Gasteiger partial charge in [0.25, 0.3) is 0 Å². The molecule has 3 heteroatoms. The van der Waals surface area contributed by atoms with Crippen LogP contribution in [0.4, 0.5) is 0 Å². The maximum absolute atomic E-state index is 10.6. The summed E-state index contributed by atoms with van der Waals surface area (Å²) in [6.45, 7) is 2.27. The van der Waals surface area contributed by atoms with Crippen molar-refractivity contribution in [3.8, 4) is 0 Å². The fourth-order valence-corrected chi connectivity index (χ4v) is 2.94. The molecule has 0 saturated carbocycles. The number of unbranched alkanes of at least 4 members (excludes halogenated alkanes) is 12. The van der Waals surface area contributed by atoms with Crippen molar-refractivity contribution in [1.82, 2.24) is 0 Å². The van der Waals surface area contributed by atoms with Crippen molar-refractivity contribution in [2.24, 2.45) is 0 Å². The third-order valence-corrected chi connectivity index (χ3v) is 4.42. The summed E-state index contributed by atoms with van der Waals surface area (Å²) in [6, 6.07) is 0. The predicted octanol–water partition coefficient (Wildman–Crippen LogP) is 5.32. The summed E-state index contributed by atoms with van der Waals surface area (Å²) in [5.74, 6) is -0.797. The Kier molecular flexibility index (Phi) is 10.6. The van der Waals surface area contributed by atoms with Crippen LogP contribution in [0.25, 0.3) is 0 Å². The van der Waals surface area contributed by atoms with Gasteiger partial charge in [0.15, 0.2) is 6.10 Å². The molecule has 0 amide bonds. The van der Waals surface area contributed by atoms with Gasteiger partial charge in [0.1, 0.15) is 0 Å². The minimum atomic E-state index is -0.797. The van der Waals surface area contributed by atoms with Crippen LogP contribution >= 0.6 is 0 Å². The topological polar surface area (TPSA) is 49.8 Å². The molecule has 124 valence electrons. The lowest BCUT2D eigenvalue weighted by molar-refractivity contribution is -0.138. The van der Waals surface area contributed by atoms with Crippen molar-refractivity contribution in [2.75, 3.05) is 0 Å². The number of carboxylic acids is 1. The second-order valence-corrected chi connectivity index (χ2v) is 6.46. The highest BCUT2D eigenvalue weighted by Crippen LogP contribution is 2.27. The summed E-state index contributed by atoms with van der Waals surface area (Å²) in [5, 5.41) is 8.70. The zero-order valence-corrected chi connectivity index (χ0v) is 13.8. The first-order valence-corrected chi connectivity index (χ1v) is 9.14. The second kappa shape index (κ2) is 12.0. The van der Waals surface area contributed by atoms with Gasteiger partial charge in [-0.15, -0.1) is 0 Å². The fourth-order valence-electron chi connectivity index (χ4n) is 2.94. The van der Waals surface area contributed by atoms with Gasteiger partial charge in [0.2, 0.25) is 0 Å². The van der Waals surface area contributed by atoms with E-state index >= 15 is 0 Å². The van der Waals surface area contributed by atoms with Crippen LogP contribution in [-0.4, -0.2) is 23.3 Å². The first kappa shape index (κ1) is 18.5. The van der Waals surface area contributed by atoms with Gasteiger partial charge in [0, 0.05) is 0 Å². The maximum atomic E-state index is 10.6. The molecule has 0 aromatic rings. The van der Waals surface area contributed by atoms with Crippen molar-refractivity contribution in [2.45, 2.75) is 109 Å². The van der Waals surface area contributed by atoms with Gasteiger partial charge >= 0.3 is 5.97 Å². The van der Waals surface area contributed by atoms with E-state index < -0.39 is 12.1 Å². The van der Waals surface area contributed by atoms with Crippen LogP contribution in [0.15, 0.2) is 0 Å². The van der Waals surface area contributed by atoms with Crippen molar-refractivity contribution in [3.63, 3.8) is 0 Å². The summed E-state index contributed by atoms with van der Waals surface area (Å²) < 4.78 is 5.09. The lowest BCUT2D eigenvalue weighted by Gasteiger charge is -2.02. The van der Waals surface area contributed by atoms with E-state index in [0.717, 1.165) is 12.8 Å². The van der Waals surface area contributed by atoms with Crippen molar-refractivity contribution >= 4 is 5.97 Å². The molecular weight excluding hydrogens is 264 g/mol. The average Bonchev–Trinajstić information content (AvgIpc) is 3.24. The quantitative estimate of drug-likeness (QED) is 0.329. The molecule has 1 aliphatic heterocycles. The molecule has 1 heterocycles. The minimum Gasteiger partial charge on any atom is -0.479 e. The smallest absolute Gasteiger partial charge is 0.335 e. The monoisotopic (exact) mass is 298 g/mol. The van der Waals surface area contributed by atoms with Crippen LogP contribution in [-0.2, 0) is 9.53 Å². The maximum Gasteiger partial charge on any atom is 0.335 e. The lowest BCUT2D eigenvalue weighted by Crippen LogP contribution is -2.07. The normalized spacial score (nSPS) is 20.6. The van der Waals surface area contributed by atoms with E-state index in [1.54, 1.807) is 0 Å². The molecule has 1 saturated heterocycles. The second-order valence-electron chi connectivity index (χ2n) is 6.46. The summed E-state index contributed by atoms with van der Waals surface area (Å²) in [6.07, 6.45) is 18.0. The summed E-state index contributed by atoms with van der Waals surface area (Å²) in [5.41, 5.74) is 0. The van der Waals surface area contributed by atoms with Crippen LogP contribution in [0.5, 0.6) is 0 Å². The van der Waals surface area contributed by atoms with Gasteiger partial charge in [-0.1, -0.05) is 90.4 Å². The highest BCUT2D eigenvalue weighted by molar-refractivity contribution is 5.75. The average molecular weight is 298 g/mol. The zero-order valence-electron chi connectivity index (χ0n) is 13.8. The van der Waals surface area contributed by atoms with E-state index in [4.69, 9.17) is 9.84 Å². The van der Waals surface area contributed by atoms with Gasteiger partial charge in [-0.25, -0.2) is 4.79 Å². The Labute approximate surface area is 130 Å². The Morgan fingerprint density at radius 1 is 0.810 bits per heavy atom.